The van der Waals surface area contributed by atoms with E-state index in [-0.39, 0.29) is 5.91 Å². The monoisotopic (exact) mass is 429 g/mol. The van der Waals surface area contributed by atoms with Crippen molar-refractivity contribution >= 4 is 50.3 Å². The minimum absolute atomic E-state index is 0.135. The van der Waals surface area contributed by atoms with Crippen LogP contribution in [0.15, 0.2) is 48.5 Å². The highest BCUT2D eigenvalue weighted by molar-refractivity contribution is 7.22. The number of hydrogen-bond donors (Lipinski definition) is 0. The fourth-order valence-electron chi connectivity index (χ4n) is 2.76. The zero-order valence-electron chi connectivity index (χ0n) is 16.8. The average Bonchev–Trinajstić information content (AvgIpc) is 3.12. The Labute approximate surface area is 180 Å². The summed E-state index contributed by atoms with van der Waals surface area (Å²) in [6.45, 7) is 3.76. The standard InChI is InChI=1S/C22H24ClN3O2S/c1-4-28-18-10-7-11-19-21(18)24-22(29-19)26(15-14-25(2)3)20(27)13-12-16-8-5-6-9-17(16)23/h5-13H,4,14-15H2,1-3H3. The molecule has 0 atom stereocenters. The van der Waals surface area contributed by atoms with Crippen LogP contribution < -0.4 is 9.64 Å². The van der Waals surface area contributed by atoms with Crippen molar-refractivity contribution in [1.29, 1.82) is 0 Å². The number of rotatable bonds is 8. The summed E-state index contributed by atoms with van der Waals surface area (Å²) in [5.74, 6) is 0.600. The first kappa shape index (κ1) is 21.3. The van der Waals surface area contributed by atoms with E-state index in [1.54, 1.807) is 23.1 Å². The third-order valence-electron chi connectivity index (χ3n) is 4.25. The fourth-order valence-corrected chi connectivity index (χ4v) is 3.97. The van der Waals surface area contributed by atoms with Crippen molar-refractivity contribution in [3.8, 4) is 5.75 Å². The lowest BCUT2D eigenvalue weighted by Gasteiger charge is -2.20. The highest BCUT2D eigenvalue weighted by Crippen LogP contribution is 2.34. The van der Waals surface area contributed by atoms with Crippen molar-refractivity contribution in [3.05, 3.63) is 59.1 Å². The summed E-state index contributed by atoms with van der Waals surface area (Å²) >= 11 is 7.69. The molecule has 0 aliphatic heterocycles. The number of nitrogens with zero attached hydrogens (tertiary/aromatic N) is 3. The van der Waals surface area contributed by atoms with Crippen molar-refractivity contribution in [2.24, 2.45) is 0 Å². The summed E-state index contributed by atoms with van der Waals surface area (Å²) in [5, 5.41) is 1.26. The van der Waals surface area contributed by atoms with E-state index in [1.165, 1.54) is 11.3 Å². The van der Waals surface area contributed by atoms with E-state index in [9.17, 15) is 4.79 Å². The average molecular weight is 430 g/mol. The molecule has 1 aromatic heterocycles. The quantitative estimate of drug-likeness (QED) is 0.475. The number of hydrogen-bond acceptors (Lipinski definition) is 5. The summed E-state index contributed by atoms with van der Waals surface area (Å²) in [6, 6.07) is 13.3. The molecule has 0 spiro atoms. The van der Waals surface area contributed by atoms with Gasteiger partial charge in [0.1, 0.15) is 11.3 Å². The normalized spacial score (nSPS) is 11.5. The molecule has 7 heteroatoms. The Bertz CT molecular complexity index is 1020. The SMILES string of the molecule is CCOc1cccc2sc(N(CCN(C)C)C(=O)C=Cc3ccccc3Cl)nc12. The Morgan fingerprint density at radius 1 is 1.17 bits per heavy atom. The molecule has 152 valence electrons. The van der Waals surface area contributed by atoms with Crippen molar-refractivity contribution < 1.29 is 9.53 Å². The lowest BCUT2D eigenvalue weighted by atomic mass is 10.2. The van der Waals surface area contributed by atoms with Gasteiger partial charge in [-0.05, 0) is 50.9 Å². The molecule has 0 saturated carbocycles. The minimum Gasteiger partial charge on any atom is -0.492 e. The highest BCUT2D eigenvalue weighted by atomic mass is 35.5. The van der Waals surface area contributed by atoms with E-state index in [1.807, 2.05) is 62.3 Å². The molecule has 0 fully saturated rings. The van der Waals surface area contributed by atoms with Crippen LogP contribution in [-0.2, 0) is 4.79 Å². The number of para-hydroxylation sites is 1. The maximum Gasteiger partial charge on any atom is 0.252 e. The highest BCUT2D eigenvalue weighted by Gasteiger charge is 2.19. The number of thiazole rings is 1. The molecule has 1 heterocycles. The Balaban J connectivity index is 1.92. The van der Waals surface area contributed by atoms with Gasteiger partial charge in [0.05, 0.1) is 11.3 Å². The molecule has 29 heavy (non-hydrogen) atoms. The van der Waals surface area contributed by atoms with Gasteiger partial charge in [0.25, 0.3) is 5.91 Å². The van der Waals surface area contributed by atoms with Gasteiger partial charge in [0.2, 0.25) is 0 Å². The molecule has 0 aliphatic carbocycles. The molecule has 5 nitrogen and oxygen atoms in total. The maximum atomic E-state index is 13.0. The van der Waals surface area contributed by atoms with E-state index in [0.717, 1.165) is 28.1 Å². The van der Waals surface area contributed by atoms with Gasteiger partial charge in [0, 0.05) is 24.2 Å². The summed E-state index contributed by atoms with van der Waals surface area (Å²) in [6.07, 6.45) is 3.29. The third kappa shape index (κ3) is 5.35. The molecule has 0 N–H and O–H groups in total. The van der Waals surface area contributed by atoms with Crippen molar-refractivity contribution in [2.45, 2.75) is 6.92 Å². The van der Waals surface area contributed by atoms with Crippen molar-refractivity contribution in [1.82, 2.24) is 9.88 Å². The van der Waals surface area contributed by atoms with Gasteiger partial charge in [-0.25, -0.2) is 4.98 Å². The topological polar surface area (TPSA) is 45.7 Å². The molecule has 0 bridgehead atoms. The van der Waals surface area contributed by atoms with E-state index >= 15 is 0 Å². The molecule has 0 aliphatic rings. The van der Waals surface area contributed by atoms with Crippen LogP contribution in [0.1, 0.15) is 12.5 Å². The zero-order chi connectivity index (χ0) is 20.8. The van der Waals surface area contributed by atoms with Gasteiger partial charge in [-0.1, -0.05) is 47.2 Å². The van der Waals surface area contributed by atoms with E-state index in [2.05, 4.69) is 0 Å². The first-order valence-corrected chi connectivity index (χ1v) is 10.6. The largest absolute Gasteiger partial charge is 0.492 e. The van der Waals surface area contributed by atoms with E-state index in [0.29, 0.717) is 23.3 Å². The summed E-state index contributed by atoms with van der Waals surface area (Å²) in [5.41, 5.74) is 1.59. The maximum absolute atomic E-state index is 13.0. The van der Waals surface area contributed by atoms with Crippen LogP contribution in [0.25, 0.3) is 16.3 Å². The number of carbonyl (C=O) groups is 1. The molecular weight excluding hydrogens is 406 g/mol. The number of carbonyl (C=O) groups excluding carboxylic acids is 1. The van der Waals surface area contributed by atoms with Gasteiger partial charge < -0.3 is 9.64 Å². The Hall–Kier alpha value is -2.41. The summed E-state index contributed by atoms with van der Waals surface area (Å²) in [7, 11) is 3.96. The van der Waals surface area contributed by atoms with Crippen LogP contribution in [0.3, 0.4) is 0 Å². The number of benzene rings is 2. The minimum atomic E-state index is -0.135. The first-order chi connectivity index (χ1) is 14.0. The number of amides is 1. The number of anilines is 1. The van der Waals surface area contributed by atoms with Gasteiger partial charge in [-0.2, -0.15) is 0 Å². The Morgan fingerprint density at radius 2 is 1.97 bits per heavy atom. The lowest BCUT2D eigenvalue weighted by Crippen LogP contribution is -2.35. The van der Waals surface area contributed by atoms with Gasteiger partial charge in [-0.3, -0.25) is 9.69 Å². The van der Waals surface area contributed by atoms with Gasteiger partial charge >= 0.3 is 0 Å². The predicted octanol–water partition coefficient (Wildman–Crippen LogP) is 4.96. The van der Waals surface area contributed by atoms with Crippen LogP contribution >= 0.6 is 22.9 Å². The van der Waals surface area contributed by atoms with Crippen LogP contribution in [0.5, 0.6) is 5.75 Å². The second-order valence-corrected chi connectivity index (χ2v) is 8.10. The lowest BCUT2D eigenvalue weighted by molar-refractivity contribution is -0.114. The number of halogens is 1. The van der Waals surface area contributed by atoms with Gasteiger partial charge in [0.15, 0.2) is 5.13 Å². The number of ether oxygens (including phenoxy) is 1. The fraction of sp³-hybridized carbons (Fsp3) is 0.273. The van der Waals surface area contributed by atoms with Crippen molar-refractivity contribution in [3.63, 3.8) is 0 Å². The predicted molar refractivity (Wildman–Crippen MR) is 122 cm³/mol. The molecule has 0 saturated heterocycles. The van der Waals surface area contributed by atoms with Crippen LogP contribution in [0.4, 0.5) is 5.13 Å². The number of fused-ring (bicyclic) bond motifs is 1. The molecule has 0 radical (unpaired) electrons. The molecular formula is C22H24ClN3O2S. The number of likely N-dealkylation sites (N-methyl/N-ethyl adjacent to an activating group) is 1. The molecule has 0 unspecified atom stereocenters. The summed E-state index contributed by atoms with van der Waals surface area (Å²) in [4.78, 5) is 21.5. The second-order valence-electron chi connectivity index (χ2n) is 6.68. The van der Waals surface area contributed by atoms with Crippen LogP contribution in [-0.4, -0.2) is 49.6 Å². The third-order valence-corrected chi connectivity index (χ3v) is 5.64. The molecule has 3 rings (SSSR count). The molecule has 2 aromatic carbocycles. The smallest absolute Gasteiger partial charge is 0.252 e. The zero-order valence-corrected chi connectivity index (χ0v) is 18.3. The summed E-state index contributed by atoms with van der Waals surface area (Å²) < 4.78 is 6.68. The van der Waals surface area contributed by atoms with E-state index in [4.69, 9.17) is 21.3 Å². The second kappa shape index (κ2) is 9.87. The Morgan fingerprint density at radius 3 is 2.69 bits per heavy atom. The van der Waals surface area contributed by atoms with Crippen LogP contribution in [0, 0.1) is 0 Å². The Kier molecular flexibility index (Phi) is 7.25. The first-order valence-electron chi connectivity index (χ1n) is 9.40. The number of aromatic nitrogens is 1. The van der Waals surface area contributed by atoms with Gasteiger partial charge in [-0.15, -0.1) is 0 Å². The van der Waals surface area contributed by atoms with Crippen LogP contribution in [0.2, 0.25) is 5.02 Å². The van der Waals surface area contributed by atoms with Crippen molar-refractivity contribution in [2.75, 3.05) is 38.7 Å². The van der Waals surface area contributed by atoms with E-state index < -0.39 is 0 Å². The molecule has 3 aromatic rings. The molecule has 1 amide bonds.